The summed E-state index contributed by atoms with van der Waals surface area (Å²) in [5.41, 5.74) is 0. The van der Waals surface area contributed by atoms with Gasteiger partial charge in [0.05, 0.1) is 24.5 Å². The van der Waals surface area contributed by atoms with Crippen molar-refractivity contribution >= 4 is 21.6 Å². The SMILES string of the molecule is O=S(=O)(CC1CS1)c1ncc(Oc2cnc[nH]2)[nH]1. The first kappa shape index (κ1) is 11.6. The molecule has 0 aliphatic carbocycles. The molecule has 1 unspecified atom stereocenters. The van der Waals surface area contributed by atoms with Crippen molar-refractivity contribution in [2.75, 3.05) is 11.5 Å². The van der Waals surface area contributed by atoms with E-state index < -0.39 is 9.84 Å². The van der Waals surface area contributed by atoms with Crippen LogP contribution in [0.4, 0.5) is 0 Å². The monoisotopic (exact) mass is 286 g/mol. The Hall–Kier alpha value is -1.48. The Kier molecular flexibility index (Phi) is 2.78. The summed E-state index contributed by atoms with van der Waals surface area (Å²) in [5.74, 6) is 1.70. The lowest BCUT2D eigenvalue weighted by molar-refractivity contribution is 0.447. The second-order valence-corrected chi connectivity index (χ2v) is 7.09. The third kappa shape index (κ3) is 2.51. The van der Waals surface area contributed by atoms with Gasteiger partial charge in [0.25, 0.3) is 0 Å². The van der Waals surface area contributed by atoms with Gasteiger partial charge in [-0.2, -0.15) is 11.8 Å². The van der Waals surface area contributed by atoms with Crippen LogP contribution in [0.2, 0.25) is 0 Å². The van der Waals surface area contributed by atoms with Gasteiger partial charge in [-0.15, -0.1) is 0 Å². The maximum absolute atomic E-state index is 11.9. The normalized spacial score (nSPS) is 18.8. The van der Waals surface area contributed by atoms with Crippen LogP contribution in [0, 0.1) is 0 Å². The van der Waals surface area contributed by atoms with Crippen LogP contribution in [0.5, 0.6) is 11.8 Å². The van der Waals surface area contributed by atoms with E-state index in [0.717, 1.165) is 5.75 Å². The van der Waals surface area contributed by atoms with Gasteiger partial charge in [-0.05, 0) is 0 Å². The smallest absolute Gasteiger partial charge is 0.227 e. The summed E-state index contributed by atoms with van der Waals surface area (Å²) in [6, 6.07) is 0. The molecule has 2 N–H and O–H groups in total. The van der Waals surface area contributed by atoms with Gasteiger partial charge in [0.2, 0.25) is 26.8 Å². The first-order valence-corrected chi connectivity index (χ1v) is 7.89. The molecule has 0 amide bonds. The Morgan fingerprint density at radius 1 is 1.44 bits per heavy atom. The highest BCUT2D eigenvalue weighted by molar-refractivity contribution is 8.08. The van der Waals surface area contributed by atoms with Gasteiger partial charge in [-0.1, -0.05) is 0 Å². The molecule has 96 valence electrons. The Morgan fingerprint density at radius 2 is 2.28 bits per heavy atom. The lowest BCUT2D eigenvalue weighted by atomic mass is 10.6. The molecule has 0 bridgehead atoms. The minimum absolute atomic E-state index is 0.0514. The van der Waals surface area contributed by atoms with Crippen LogP contribution < -0.4 is 4.74 Å². The zero-order valence-electron chi connectivity index (χ0n) is 9.16. The molecule has 1 aliphatic heterocycles. The van der Waals surface area contributed by atoms with Crippen LogP contribution in [0.25, 0.3) is 0 Å². The Morgan fingerprint density at radius 3 is 2.94 bits per heavy atom. The topological polar surface area (TPSA) is 101 Å². The average molecular weight is 286 g/mol. The van der Waals surface area contributed by atoms with E-state index in [1.165, 1.54) is 18.7 Å². The number of aromatic amines is 2. The van der Waals surface area contributed by atoms with E-state index in [-0.39, 0.29) is 22.0 Å². The summed E-state index contributed by atoms with van der Waals surface area (Å²) in [5, 5.41) is 0.154. The third-order valence-corrected chi connectivity index (χ3v) is 5.14. The average Bonchev–Trinajstić information content (AvgIpc) is 2.84. The van der Waals surface area contributed by atoms with Crippen molar-refractivity contribution in [1.82, 2.24) is 19.9 Å². The van der Waals surface area contributed by atoms with E-state index in [1.807, 2.05) is 0 Å². The number of thioether (sulfide) groups is 1. The Labute approximate surface area is 107 Å². The molecule has 2 aromatic heterocycles. The number of H-pyrrole nitrogens is 2. The standard InChI is InChI=1S/C9H10N4O3S2/c14-18(15,4-6-3-17-6)9-11-2-8(13-9)16-7-1-10-5-12-7/h1-2,5-6H,3-4H2,(H,10,12)(H,11,13). The molecule has 1 atom stereocenters. The number of nitrogens with zero attached hydrogens (tertiary/aromatic N) is 2. The Bertz CT molecular complexity index is 631. The summed E-state index contributed by atoms with van der Waals surface area (Å²) in [6.07, 6.45) is 4.29. The lowest BCUT2D eigenvalue weighted by Crippen LogP contribution is -2.12. The highest BCUT2D eigenvalue weighted by Crippen LogP contribution is 2.32. The van der Waals surface area contributed by atoms with Crippen molar-refractivity contribution in [3.63, 3.8) is 0 Å². The molecule has 9 heteroatoms. The largest absolute Gasteiger partial charge is 0.421 e. The number of rotatable bonds is 5. The zero-order valence-corrected chi connectivity index (χ0v) is 10.8. The van der Waals surface area contributed by atoms with Gasteiger partial charge in [0, 0.05) is 11.0 Å². The molecule has 2 aromatic rings. The van der Waals surface area contributed by atoms with Crippen LogP contribution in [-0.4, -0.2) is 45.1 Å². The molecule has 3 heterocycles. The summed E-state index contributed by atoms with van der Waals surface area (Å²) in [7, 11) is -3.35. The number of ether oxygens (including phenoxy) is 1. The molecule has 0 saturated carbocycles. The number of aromatic nitrogens is 4. The fourth-order valence-electron chi connectivity index (χ4n) is 1.40. The fraction of sp³-hybridized carbons (Fsp3) is 0.333. The molecule has 1 aliphatic rings. The van der Waals surface area contributed by atoms with Gasteiger partial charge >= 0.3 is 0 Å². The summed E-state index contributed by atoms with van der Waals surface area (Å²) >= 11 is 1.64. The van der Waals surface area contributed by atoms with Gasteiger partial charge in [-0.3, -0.25) is 4.98 Å². The van der Waals surface area contributed by atoms with Crippen molar-refractivity contribution in [2.45, 2.75) is 10.4 Å². The third-order valence-electron chi connectivity index (χ3n) is 2.32. The number of hydrogen-bond acceptors (Lipinski definition) is 6. The number of nitrogens with one attached hydrogen (secondary N) is 2. The highest BCUT2D eigenvalue weighted by Gasteiger charge is 2.31. The molecular weight excluding hydrogens is 276 g/mol. The molecule has 0 radical (unpaired) electrons. The van der Waals surface area contributed by atoms with E-state index in [9.17, 15) is 8.42 Å². The van der Waals surface area contributed by atoms with Crippen LogP contribution >= 0.6 is 11.8 Å². The fourth-order valence-corrected chi connectivity index (χ4v) is 3.96. The Balaban J connectivity index is 1.76. The van der Waals surface area contributed by atoms with E-state index in [1.54, 1.807) is 11.8 Å². The van der Waals surface area contributed by atoms with Crippen LogP contribution in [-0.2, 0) is 9.84 Å². The van der Waals surface area contributed by atoms with E-state index in [0.29, 0.717) is 5.88 Å². The molecule has 0 aromatic carbocycles. The minimum Gasteiger partial charge on any atom is -0.421 e. The minimum atomic E-state index is -3.35. The molecular formula is C9H10N4O3S2. The highest BCUT2D eigenvalue weighted by atomic mass is 32.2. The maximum Gasteiger partial charge on any atom is 0.227 e. The summed E-state index contributed by atoms with van der Waals surface area (Å²) in [6.45, 7) is 0. The van der Waals surface area contributed by atoms with Crippen LogP contribution in [0.3, 0.4) is 0 Å². The van der Waals surface area contributed by atoms with Crippen molar-refractivity contribution < 1.29 is 13.2 Å². The molecule has 18 heavy (non-hydrogen) atoms. The number of imidazole rings is 2. The van der Waals surface area contributed by atoms with Crippen LogP contribution in [0.15, 0.2) is 23.9 Å². The van der Waals surface area contributed by atoms with Crippen LogP contribution in [0.1, 0.15) is 0 Å². The van der Waals surface area contributed by atoms with Gasteiger partial charge in [-0.25, -0.2) is 18.4 Å². The van der Waals surface area contributed by atoms with Gasteiger partial charge in [0.1, 0.15) is 0 Å². The quantitative estimate of drug-likeness (QED) is 0.789. The van der Waals surface area contributed by atoms with Crippen molar-refractivity contribution in [3.8, 4) is 11.8 Å². The van der Waals surface area contributed by atoms with E-state index in [4.69, 9.17) is 4.74 Å². The molecule has 7 nitrogen and oxygen atoms in total. The van der Waals surface area contributed by atoms with Gasteiger partial charge < -0.3 is 9.72 Å². The second kappa shape index (κ2) is 4.32. The van der Waals surface area contributed by atoms with Crippen molar-refractivity contribution in [3.05, 3.63) is 18.7 Å². The van der Waals surface area contributed by atoms with E-state index >= 15 is 0 Å². The summed E-state index contributed by atoms with van der Waals surface area (Å²) < 4.78 is 29.1. The van der Waals surface area contributed by atoms with Gasteiger partial charge in [0.15, 0.2) is 0 Å². The molecule has 1 fully saturated rings. The first-order chi connectivity index (χ1) is 8.63. The number of hydrogen-bond donors (Lipinski definition) is 2. The van der Waals surface area contributed by atoms with Crippen molar-refractivity contribution in [1.29, 1.82) is 0 Å². The predicted molar refractivity (Wildman–Crippen MR) is 65.5 cm³/mol. The first-order valence-electron chi connectivity index (χ1n) is 5.19. The lowest BCUT2D eigenvalue weighted by Gasteiger charge is -1.99. The predicted octanol–water partition coefficient (Wildman–Crippen LogP) is 0.814. The van der Waals surface area contributed by atoms with E-state index in [2.05, 4.69) is 19.9 Å². The molecule has 0 spiro atoms. The second-order valence-electron chi connectivity index (χ2n) is 3.81. The zero-order chi connectivity index (χ0) is 12.6. The summed E-state index contributed by atoms with van der Waals surface area (Å²) in [4.78, 5) is 13.0. The maximum atomic E-state index is 11.9. The number of sulfone groups is 1. The molecule has 3 rings (SSSR count). The van der Waals surface area contributed by atoms with Crippen molar-refractivity contribution in [2.24, 2.45) is 0 Å². The molecule has 1 saturated heterocycles.